The Labute approximate surface area is 152 Å². The minimum Gasteiger partial charge on any atom is -0.457 e. The number of esters is 1. The molecule has 0 aliphatic rings. The first-order chi connectivity index (χ1) is 12.0. The van der Waals surface area contributed by atoms with Crippen molar-refractivity contribution < 1.29 is 14.1 Å². The van der Waals surface area contributed by atoms with E-state index in [2.05, 4.69) is 0 Å². The lowest BCUT2D eigenvalue weighted by Gasteiger charge is -2.07. The molecule has 0 atom stereocenters. The molecule has 0 aliphatic heterocycles. The van der Waals surface area contributed by atoms with Gasteiger partial charge in [-0.25, -0.2) is 9.36 Å². The highest BCUT2D eigenvalue weighted by atomic mass is 35.5. The molecule has 3 aromatic rings. The van der Waals surface area contributed by atoms with Gasteiger partial charge in [-0.3, -0.25) is 0 Å². The number of carbonyl (C=O) groups excluding carboxylic acids is 1. The van der Waals surface area contributed by atoms with Gasteiger partial charge in [-0.2, -0.15) is 0 Å². The number of nitrogens with zero attached hydrogens (tertiary/aromatic N) is 1. The van der Waals surface area contributed by atoms with Gasteiger partial charge in [0, 0.05) is 16.7 Å². The zero-order valence-corrected chi connectivity index (χ0v) is 15.0. The molecule has 0 unspecified atom stereocenters. The maximum atomic E-state index is 12.3. The summed E-state index contributed by atoms with van der Waals surface area (Å²) in [5, 5.41) is 0.713. The monoisotopic (exact) mass is 352 g/mol. The molecule has 0 spiro atoms. The third-order valence-electron chi connectivity index (χ3n) is 4.05. The topological polar surface area (TPSA) is 30.2 Å². The van der Waals surface area contributed by atoms with Crippen LogP contribution in [0.25, 0.3) is 11.3 Å². The zero-order valence-electron chi connectivity index (χ0n) is 14.2. The van der Waals surface area contributed by atoms with Gasteiger partial charge in [-0.1, -0.05) is 41.9 Å². The number of ether oxygens (including phenoxy) is 1. The molecule has 0 amide bonds. The molecule has 0 bridgehead atoms. The number of carbonyl (C=O) groups is 1. The largest absolute Gasteiger partial charge is 0.457 e. The number of halogens is 1. The van der Waals surface area contributed by atoms with E-state index in [1.807, 2.05) is 73.1 Å². The summed E-state index contributed by atoms with van der Waals surface area (Å²) in [6.45, 7) is 2.28. The van der Waals surface area contributed by atoms with Gasteiger partial charge in [0.1, 0.15) is 19.2 Å². The molecule has 0 radical (unpaired) electrons. The van der Waals surface area contributed by atoms with Crippen molar-refractivity contribution in [3.05, 3.63) is 88.6 Å². The Hall–Kier alpha value is -2.65. The van der Waals surface area contributed by atoms with Gasteiger partial charge in [-0.05, 0) is 42.3 Å². The van der Waals surface area contributed by atoms with E-state index in [9.17, 15) is 4.79 Å². The first-order valence-corrected chi connectivity index (χ1v) is 8.39. The van der Waals surface area contributed by atoms with E-state index in [1.165, 1.54) is 0 Å². The molecule has 0 saturated heterocycles. The van der Waals surface area contributed by atoms with E-state index in [4.69, 9.17) is 16.3 Å². The summed E-state index contributed by atoms with van der Waals surface area (Å²) in [4.78, 5) is 12.3. The minimum absolute atomic E-state index is 0.265. The standard InChI is InChI=1S/C21H19ClNO2/c1-15-12-18(22)9-10-19(15)20-11-8-17(13-23(20)2)21(24)25-14-16-6-4-3-5-7-16/h3-13H,14H2,1-2H3/q+1. The molecule has 126 valence electrons. The van der Waals surface area contributed by atoms with Crippen molar-refractivity contribution in [2.45, 2.75) is 13.5 Å². The lowest BCUT2D eigenvalue weighted by atomic mass is 10.0. The number of aryl methyl sites for hydroxylation is 2. The normalized spacial score (nSPS) is 10.5. The molecule has 2 aromatic carbocycles. The van der Waals surface area contributed by atoms with Gasteiger partial charge in [-0.15, -0.1) is 0 Å². The molecule has 0 aliphatic carbocycles. The molecule has 0 N–H and O–H groups in total. The van der Waals surface area contributed by atoms with Crippen molar-refractivity contribution in [1.82, 2.24) is 0 Å². The van der Waals surface area contributed by atoms with Crippen LogP contribution in [0.15, 0.2) is 66.9 Å². The van der Waals surface area contributed by atoms with Crippen LogP contribution in [0.1, 0.15) is 21.5 Å². The van der Waals surface area contributed by atoms with E-state index < -0.39 is 0 Å². The van der Waals surface area contributed by atoms with Crippen molar-refractivity contribution in [1.29, 1.82) is 0 Å². The average Bonchev–Trinajstić information content (AvgIpc) is 2.61. The Balaban J connectivity index is 1.78. The SMILES string of the molecule is Cc1cc(Cl)ccc1-c1ccc(C(=O)OCc2ccccc2)c[n+]1C. The van der Waals surface area contributed by atoms with E-state index >= 15 is 0 Å². The fraction of sp³-hybridized carbons (Fsp3) is 0.143. The smallest absolute Gasteiger partial charge is 0.344 e. The van der Waals surface area contributed by atoms with Gasteiger partial charge in [0.25, 0.3) is 0 Å². The summed E-state index contributed by atoms with van der Waals surface area (Å²) in [5.74, 6) is -0.334. The highest BCUT2D eigenvalue weighted by molar-refractivity contribution is 6.30. The Bertz CT molecular complexity index is 907. The van der Waals surface area contributed by atoms with Crippen LogP contribution in [-0.4, -0.2) is 5.97 Å². The third-order valence-corrected chi connectivity index (χ3v) is 4.28. The lowest BCUT2D eigenvalue weighted by Crippen LogP contribution is -2.32. The Morgan fingerprint density at radius 2 is 1.84 bits per heavy atom. The molecular weight excluding hydrogens is 334 g/mol. The molecule has 3 nitrogen and oxygen atoms in total. The average molecular weight is 353 g/mol. The van der Waals surface area contributed by atoms with Gasteiger partial charge in [0.2, 0.25) is 5.69 Å². The van der Waals surface area contributed by atoms with Gasteiger partial charge in [0.05, 0.1) is 0 Å². The fourth-order valence-corrected chi connectivity index (χ4v) is 2.96. The highest BCUT2D eigenvalue weighted by Gasteiger charge is 2.17. The summed E-state index contributed by atoms with van der Waals surface area (Å²) in [6.07, 6.45) is 1.79. The number of rotatable bonds is 4. The van der Waals surface area contributed by atoms with Crippen LogP contribution in [0.5, 0.6) is 0 Å². The lowest BCUT2D eigenvalue weighted by molar-refractivity contribution is -0.660. The molecule has 1 aromatic heterocycles. The van der Waals surface area contributed by atoms with Crippen molar-refractivity contribution in [2.24, 2.45) is 7.05 Å². The molecule has 4 heteroatoms. The first kappa shape index (κ1) is 17.2. The van der Waals surface area contributed by atoms with Gasteiger partial charge >= 0.3 is 5.97 Å². The predicted molar refractivity (Wildman–Crippen MR) is 98.4 cm³/mol. The second-order valence-corrected chi connectivity index (χ2v) is 6.37. The second kappa shape index (κ2) is 7.49. The van der Waals surface area contributed by atoms with Crippen LogP contribution in [-0.2, 0) is 18.4 Å². The third kappa shape index (κ3) is 4.06. The molecule has 3 rings (SSSR count). The summed E-state index contributed by atoms with van der Waals surface area (Å²) < 4.78 is 7.31. The Kier molecular flexibility index (Phi) is 5.15. The molecular formula is C21H19ClNO2+. The molecule has 0 fully saturated rings. The van der Waals surface area contributed by atoms with E-state index in [0.29, 0.717) is 10.6 Å². The fourth-order valence-electron chi connectivity index (χ4n) is 2.73. The minimum atomic E-state index is -0.334. The van der Waals surface area contributed by atoms with Crippen molar-refractivity contribution in [3.8, 4) is 11.3 Å². The van der Waals surface area contributed by atoms with Crippen LogP contribution in [0, 0.1) is 6.92 Å². The van der Waals surface area contributed by atoms with Crippen LogP contribution in [0.4, 0.5) is 0 Å². The summed E-state index contributed by atoms with van der Waals surface area (Å²) in [6, 6.07) is 19.1. The molecule has 0 saturated carbocycles. The van der Waals surface area contributed by atoms with Crippen LogP contribution in [0.2, 0.25) is 5.02 Å². The van der Waals surface area contributed by atoms with E-state index in [0.717, 1.165) is 22.4 Å². The highest BCUT2D eigenvalue weighted by Crippen LogP contribution is 2.23. The van der Waals surface area contributed by atoms with Crippen molar-refractivity contribution >= 4 is 17.6 Å². The van der Waals surface area contributed by atoms with Gasteiger partial charge < -0.3 is 4.74 Å². The van der Waals surface area contributed by atoms with Gasteiger partial charge in [0.15, 0.2) is 6.20 Å². The first-order valence-electron chi connectivity index (χ1n) is 8.02. The van der Waals surface area contributed by atoms with Crippen LogP contribution >= 0.6 is 11.6 Å². The van der Waals surface area contributed by atoms with Crippen molar-refractivity contribution in [2.75, 3.05) is 0 Å². The second-order valence-electron chi connectivity index (χ2n) is 5.93. The number of hydrogen-bond acceptors (Lipinski definition) is 2. The van der Waals surface area contributed by atoms with Crippen LogP contribution in [0.3, 0.4) is 0 Å². The summed E-state index contributed by atoms with van der Waals surface area (Å²) >= 11 is 6.03. The quantitative estimate of drug-likeness (QED) is 0.511. The van der Waals surface area contributed by atoms with Crippen LogP contribution < -0.4 is 4.57 Å². The Morgan fingerprint density at radius 3 is 2.52 bits per heavy atom. The maximum absolute atomic E-state index is 12.3. The number of aromatic nitrogens is 1. The predicted octanol–water partition coefficient (Wildman–Crippen LogP) is 4.50. The number of pyridine rings is 1. The summed E-state index contributed by atoms with van der Waals surface area (Å²) in [7, 11) is 1.91. The van der Waals surface area contributed by atoms with Crippen molar-refractivity contribution in [3.63, 3.8) is 0 Å². The number of benzene rings is 2. The Morgan fingerprint density at radius 1 is 1.08 bits per heavy atom. The molecule has 1 heterocycles. The molecule has 25 heavy (non-hydrogen) atoms. The van der Waals surface area contributed by atoms with E-state index in [-0.39, 0.29) is 12.6 Å². The zero-order chi connectivity index (χ0) is 17.8. The number of hydrogen-bond donors (Lipinski definition) is 0. The van der Waals surface area contributed by atoms with E-state index in [1.54, 1.807) is 12.3 Å². The summed E-state index contributed by atoms with van der Waals surface area (Å²) in [5.41, 5.74) is 4.66. The maximum Gasteiger partial charge on any atom is 0.344 e.